The fourth-order valence-electron chi connectivity index (χ4n) is 2.87. The molecule has 2 N–H and O–H groups in total. The molecule has 1 aliphatic heterocycles. The first kappa shape index (κ1) is 20.7. The van der Waals surface area contributed by atoms with Gasteiger partial charge in [0.25, 0.3) is 0 Å². The molecule has 2 aromatic rings. The van der Waals surface area contributed by atoms with Crippen LogP contribution in [0.15, 0.2) is 36.7 Å². The molecule has 2 aromatic heterocycles. The van der Waals surface area contributed by atoms with Gasteiger partial charge in [-0.25, -0.2) is 14.2 Å². The van der Waals surface area contributed by atoms with Gasteiger partial charge in [-0.3, -0.25) is 10.3 Å². The van der Waals surface area contributed by atoms with E-state index in [1.54, 1.807) is 6.08 Å². The summed E-state index contributed by atoms with van der Waals surface area (Å²) in [4.78, 5) is 21.4. The highest BCUT2D eigenvalue weighted by molar-refractivity contribution is 5.89. The third kappa shape index (κ3) is 5.08. The minimum absolute atomic E-state index is 0.00459. The van der Waals surface area contributed by atoms with Crippen molar-refractivity contribution in [2.45, 2.75) is 19.0 Å². The molecule has 0 saturated carbocycles. The van der Waals surface area contributed by atoms with Gasteiger partial charge in [0.2, 0.25) is 0 Å². The molecule has 154 valence electrons. The molecule has 0 aromatic carbocycles. The highest BCUT2D eigenvalue weighted by atomic mass is 19.4. The fraction of sp³-hybridized carbons (Fsp3) is 0.316. The number of carbonyl (C=O) groups excluding carboxylic acids is 1. The Kier molecular flexibility index (Phi) is 6.12. The van der Waals surface area contributed by atoms with Gasteiger partial charge >= 0.3 is 12.2 Å². The van der Waals surface area contributed by atoms with Gasteiger partial charge in [-0.1, -0.05) is 6.08 Å². The average molecular weight is 410 g/mol. The number of aromatic nitrogens is 2. The third-order valence-corrected chi connectivity index (χ3v) is 4.42. The highest BCUT2D eigenvalue weighted by Crippen LogP contribution is 2.29. The molecule has 3 heterocycles. The molecular formula is C19H18F4N4O2. The minimum atomic E-state index is -4.50. The highest BCUT2D eigenvalue weighted by Gasteiger charge is 2.30. The lowest BCUT2D eigenvalue weighted by molar-refractivity contribution is -0.137. The molecule has 0 aliphatic carbocycles. The van der Waals surface area contributed by atoms with Crippen LogP contribution in [-0.4, -0.2) is 45.7 Å². The Balaban J connectivity index is 1.62. The Morgan fingerprint density at radius 2 is 2.03 bits per heavy atom. The maximum absolute atomic E-state index is 14.3. The van der Waals surface area contributed by atoms with Crippen LogP contribution in [0.3, 0.4) is 0 Å². The van der Waals surface area contributed by atoms with Crippen LogP contribution in [0.1, 0.15) is 23.2 Å². The number of hydrogen-bond donors (Lipinski definition) is 2. The standard InChI is InChI=1S/C19H18F4N4O2/c20-15-9-12(5-8-28)10-25-17(15)13-3-6-27(7-4-13)18(29)26-16-2-1-14(11-24-16)19(21,22)23/h1-3,9-11,28H,4-8H2,(H,24,26,29). The van der Waals surface area contributed by atoms with E-state index in [-0.39, 0.29) is 31.2 Å². The van der Waals surface area contributed by atoms with Crippen molar-refractivity contribution in [1.29, 1.82) is 0 Å². The van der Waals surface area contributed by atoms with Gasteiger partial charge in [-0.05, 0) is 42.2 Å². The molecule has 2 amide bonds. The summed E-state index contributed by atoms with van der Waals surface area (Å²) in [7, 11) is 0. The predicted octanol–water partition coefficient (Wildman–Crippen LogP) is 3.49. The van der Waals surface area contributed by atoms with Crippen LogP contribution in [0.4, 0.5) is 28.2 Å². The van der Waals surface area contributed by atoms with Crippen LogP contribution >= 0.6 is 0 Å². The van der Waals surface area contributed by atoms with Gasteiger partial charge in [-0.15, -0.1) is 0 Å². The number of urea groups is 1. The maximum atomic E-state index is 14.3. The van der Waals surface area contributed by atoms with Crippen LogP contribution in [0.25, 0.3) is 5.57 Å². The number of pyridine rings is 2. The molecule has 0 spiro atoms. The third-order valence-electron chi connectivity index (χ3n) is 4.42. The van der Waals surface area contributed by atoms with Gasteiger partial charge in [0.15, 0.2) is 0 Å². The number of rotatable bonds is 4. The van der Waals surface area contributed by atoms with Crippen LogP contribution in [0.5, 0.6) is 0 Å². The summed E-state index contributed by atoms with van der Waals surface area (Å²) in [6, 6.07) is 2.74. The van der Waals surface area contributed by atoms with Crippen molar-refractivity contribution in [3.05, 3.63) is 59.3 Å². The zero-order valence-electron chi connectivity index (χ0n) is 15.2. The first-order valence-electron chi connectivity index (χ1n) is 8.82. The Labute approximate surface area is 163 Å². The number of halogens is 4. The van der Waals surface area contributed by atoms with Crippen LogP contribution in [-0.2, 0) is 12.6 Å². The maximum Gasteiger partial charge on any atom is 0.417 e. The summed E-state index contributed by atoms with van der Waals surface area (Å²) < 4.78 is 51.9. The normalized spacial score (nSPS) is 14.5. The number of nitrogens with zero attached hydrogens (tertiary/aromatic N) is 3. The quantitative estimate of drug-likeness (QED) is 0.757. The smallest absolute Gasteiger partial charge is 0.396 e. The molecule has 0 radical (unpaired) electrons. The monoisotopic (exact) mass is 410 g/mol. The first-order valence-corrected chi connectivity index (χ1v) is 8.82. The summed E-state index contributed by atoms with van der Waals surface area (Å²) in [5.74, 6) is -0.487. The number of anilines is 1. The zero-order chi connectivity index (χ0) is 21.0. The SMILES string of the molecule is O=C(Nc1ccc(C(F)(F)F)cn1)N1CC=C(c2ncc(CCO)cc2F)CC1. The number of nitrogens with one attached hydrogen (secondary N) is 1. The van der Waals surface area contributed by atoms with Crippen LogP contribution in [0, 0.1) is 5.82 Å². The van der Waals surface area contributed by atoms with Gasteiger partial charge < -0.3 is 10.0 Å². The van der Waals surface area contributed by atoms with Crippen molar-refractivity contribution < 1.29 is 27.5 Å². The molecule has 1 aliphatic rings. The topological polar surface area (TPSA) is 78.4 Å². The van der Waals surface area contributed by atoms with Crippen molar-refractivity contribution in [1.82, 2.24) is 14.9 Å². The van der Waals surface area contributed by atoms with E-state index in [9.17, 15) is 22.4 Å². The molecule has 29 heavy (non-hydrogen) atoms. The van der Waals surface area contributed by atoms with Crippen molar-refractivity contribution in [2.75, 3.05) is 25.0 Å². The minimum Gasteiger partial charge on any atom is -0.396 e. The molecular weight excluding hydrogens is 392 g/mol. The van der Waals surface area contributed by atoms with Crippen molar-refractivity contribution >= 4 is 17.4 Å². The first-order chi connectivity index (χ1) is 13.8. The van der Waals surface area contributed by atoms with Crippen molar-refractivity contribution in [3.63, 3.8) is 0 Å². The van der Waals surface area contributed by atoms with Crippen LogP contribution < -0.4 is 5.32 Å². The van der Waals surface area contributed by atoms with E-state index in [1.165, 1.54) is 17.2 Å². The van der Waals surface area contributed by atoms with E-state index in [0.717, 1.165) is 12.1 Å². The molecule has 0 fully saturated rings. The van der Waals surface area contributed by atoms with E-state index in [4.69, 9.17) is 5.11 Å². The molecule has 0 unspecified atom stereocenters. The van der Waals surface area contributed by atoms with Crippen molar-refractivity contribution in [3.8, 4) is 0 Å². The number of hydrogen-bond acceptors (Lipinski definition) is 4. The summed E-state index contributed by atoms with van der Waals surface area (Å²) in [5, 5.41) is 11.3. The van der Waals surface area contributed by atoms with Gasteiger partial charge in [0.05, 0.1) is 5.56 Å². The molecule has 10 heteroatoms. The average Bonchev–Trinajstić information content (AvgIpc) is 2.68. The second-order valence-electron chi connectivity index (χ2n) is 6.43. The number of aliphatic hydroxyl groups is 1. The molecule has 6 nitrogen and oxygen atoms in total. The molecule has 0 bridgehead atoms. The van der Waals surface area contributed by atoms with Crippen molar-refractivity contribution in [2.24, 2.45) is 0 Å². The van der Waals surface area contributed by atoms with Gasteiger partial charge in [-0.2, -0.15) is 13.2 Å². The Bertz CT molecular complexity index is 913. The van der Waals surface area contributed by atoms with Gasteiger partial charge in [0.1, 0.15) is 17.3 Å². The van der Waals surface area contributed by atoms with Gasteiger partial charge in [0, 0.05) is 32.1 Å². The zero-order valence-corrected chi connectivity index (χ0v) is 15.2. The summed E-state index contributed by atoms with van der Waals surface area (Å²) in [5.41, 5.74) is 0.557. The lowest BCUT2D eigenvalue weighted by Gasteiger charge is -2.26. The van der Waals surface area contributed by atoms with Crippen LogP contribution in [0.2, 0.25) is 0 Å². The van der Waals surface area contributed by atoms with E-state index in [0.29, 0.717) is 30.2 Å². The van der Waals surface area contributed by atoms with E-state index < -0.39 is 23.6 Å². The summed E-state index contributed by atoms with van der Waals surface area (Å²) >= 11 is 0. The Morgan fingerprint density at radius 1 is 1.24 bits per heavy atom. The summed E-state index contributed by atoms with van der Waals surface area (Å²) in [6.45, 7) is 0.389. The number of aliphatic hydroxyl groups excluding tert-OH is 1. The Hall–Kier alpha value is -3.01. The lowest BCUT2D eigenvalue weighted by atomic mass is 10.0. The van der Waals surface area contributed by atoms with E-state index >= 15 is 0 Å². The fourth-order valence-corrected chi connectivity index (χ4v) is 2.87. The van der Waals surface area contributed by atoms with E-state index in [1.807, 2.05) is 0 Å². The number of amides is 2. The van der Waals surface area contributed by atoms with E-state index in [2.05, 4.69) is 15.3 Å². The largest absolute Gasteiger partial charge is 0.417 e. The molecule has 0 atom stereocenters. The molecule has 3 rings (SSSR count). The second-order valence-corrected chi connectivity index (χ2v) is 6.43. The predicted molar refractivity (Wildman–Crippen MR) is 97.4 cm³/mol. The number of alkyl halides is 3. The lowest BCUT2D eigenvalue weighted by Crippen LogP contribution is -2.38. The number of carbonyl (C=O) groups is 1. The Morgan fingerprint density at radius 3 is 2.59 bits per heavy atom. The molecule has 0 saturated heterocycles. The second kappa shape index (κ2) is 8.56. The summed E-state index contributed by atoms with van der Waals surface area (Å²) in [6.07, 6.45) is 0.0272.